The van der Waals surface area contributed by atoms with E-state index in [4.69, 9.17) is 4.74 Å². The van der Waals surface area contributed by atoms with Crippen LogP contribution in [0.25, 0.3) is 10.9 Å². The molecule has 1 aromatic heterocycles. The summed E-state index contributed by atoms with van der Waals surface area (Å²) in [5.74, 6) is -3.29. The Labute approximate surface area is 172 Å². The number of nitrogens with zero attached hydrogens (tertiary/aromatic N) is 1. The minimum Gasteiger partial charge on any atom is -0.464 e. The van der Waals surface area contributed by atoms with Gasteiger partial charge in [0.2, 0.25) is 0 Å². The number of para-hydroxylation sites is 1. The van der Waals surface area contributed by atoms with Crippen molar-refractivity contribution in [2.75, 3.05) is 13.2 Å². The molecule has 0 saturated heterocycles. The van der Waals surface area contributed by atoms with Crippen molar-refractivity contribution in [3.05, 3.63) is 70.9 Å². The molecule has 7 heteroatoms. The highest BCUT2D eigenvalue weighted by Crippen LogP contribution is 2.44. The number of hydrogen-bond donors (Lipinski definition) is 1. The van der Waals surface area contributed by atoms with Crippen molar-refractivity contribution in [3.63, 3.8) is 0 Å². The number of halogens is 2. The lowest BCUT2D eigenvalue weighted by atomic mass is 9.77. The fraction of sp³-hybridized carbons (Fsp3) is 0.304. The second-order valence-corrected chi connectivity index (χ2v) is 8.06. The normalized spacial score (nSPS) is 17.6. The molecule has 5 nitrogen and oxygen atoms in total. The number of esters is 1. The molecule has 0 spiro atoms. The van der Waals surface area contributed by atoms with Crippen molar-refractivity contribution in [2.24, 2.45) is 0 Å². The number of ether oxygens (including phenoxy) is 1. The van der Waals surface area contributed by atoms with Gasteiger partial charge in [0.15, 0.2) is 17.7 Å². The van der Waals surface area contributed by atoms with E-state index in [0.717, 1.165) is 28.6 Å². The quantitative estimate of drug-likeness (QED) is 0.645. The maximum Gasteiger partial charge on any atom is 0.335 e. The first-order chi connectivity index (χ1) is 14.2. The Kier molecular flexibility index (Phi) is 4.84. The lowest BCUT2D eigenvalue weighted by Gasteiger charge is -2.42. The van der Waals surface area contributed by atoms with Crippen molar-refractivity contribution in [3.8, 4) is 0 Å². The summed E-state index contributed by atoms with van der Waals surface area (Å²) < 4.78 is 32.4. The Morgan fingerprint density at radius 3 is 2.60 bits per heavy atom. The highest BCUT2D eigenvalue weighted by molar-refractivity contribution is 5.99. The Morgan fingerprint density at radius 1 is 1.17 bits per heavy atom. The van der Waals surface area contributed by atoms with Crippen LogP contribution in [0.2, 0.25) is 0 Å². The Hall–Kier alpha value is -3.22. The van der Waals surface area contributed by atoms with Gasteiger partial charge < -0.3 is 14.6 Å². The molecule has 0 fully saturated rings. The van der Waals surface area contributed by atoms with Gasteiger partial charge in [-0.15, -0.1) is 0 Å². The SMILES string of the molecule is CCOC(=O)C1c2[nH]c3ccccc3c2C(C)(C)CN1C(=O)c1ccc(F)c(F)c1. The average molecular weight is 412 g/mol. The van der Waals surface area contributed by atoms with E-state index in [2.05, 4.69) is 4.98 Å². The van der Waals surface area contributed by atoms with Gasteiger partial charge >= 0.3 is 5.97 Å². The number of hydrogen-bond acceptors (Lipinski definition) is 3. The van der Waals surface area contributed by atoms with E-state index in [1.54, 1.807) is 6.92 Å². The number of amides is 1. The first-order valence-electron chi connectivity index (χ1n) is 9.78. The third-order valence-electron chi connectivity index (χ3n) is 5.50. The highest BCUT2D eigenvalue weighted by Gasteiger charge is 2.46. The van der Waals surface area contributed by atoms with E-state index in [-0.39, 0.29) is 18.7 Å². The van der Waals surface area contributed by atoms with Gasteiger partial charge in [0, 0.05) is 28.4 Å². The smallest absolute Gasteiger partial charge is 0.335 e. The molecule has 1 atom stereocenters. The van der Waals surface area contributed by atoms with Crippen LogP contribution in [-0.2, 0) is 14.9 Å². The van der Waals surface area contributed by atoms with Crippen molar-refractivity contribution < 1.29 is 23.1 Å². The monoisotopic (exact) mass is 412 g/mol. The predicted molar refractivity (Wildman–Crippen MR) is 108 cm³/mol. The Balaban J connectivity index is 1.88. The Morgan fingerprint density at radius 2 is 1.90 bits per heavy atom. The number of carbonyl (C=O) groups excluding carboxylic acids is 2. The molecule has 2 aromatic carbocycles. The molecule has 1 unspecified atom stereocenters. The van der Waals surface area contributed by atoms with Gasteiger partial charge in [0.25, 0.3) is 5.91 Å². The van der Waals surface area contributed by atoms with Crippen LogP contribution in [-0.4, -0.2) is 34.9 Å². The Bertz CT molecular complexity index is 1150. The molecule has 3 aromatic rings. The van der Waals surface area contributed by atoms with Gasteiger partial charge in [0.05, 0.1) is 12.3 Å². The first-order valence-corrected chi connectivity index (χ1v) is 9.78. The fourth-order valence-electron chi connectivity index (χ4n) is 4.30. The van der Waals surface area contributed by atoms with Gasteiger partial charge in [-0.3, -0.25) is 4.79 Å². The van der Waals surface area contributed by atoms with Crippen LogP contribution in [0.3, 0.4) is 0 Å². The van der Waals surface area contributed by atoms with Gasteiger partial charge in [-0.1, -0.05) is 32.0 Å². The van der Waals surface area contributed by atoms with E-state index in [9.17, 15) is 18.4 Å². The molecule has 0 saturated carbocycles. The summed E-state index contributed by atoms with van der Waals surface area (Å²) in [6.07, 6.45) is 0. The number of aromatic amines is 1. The number of benzene rings is 2. The van der Waals surface area contributed by atoms with Crippen molar-refractivity contribution >= 4 is 22.8 Å². The van der Waals surface area contributed by atoms with E-state index < -0.39 is 35.0 Å². The van der Waals surface area contributed by atoms with E-state index >= 15 is 0 Å². The summed E-state index contributed by atoms with van der Waals surface area (Å²) in [4.78, 5) is 30.9. The average Bonchev–Trinajstić information content (AvgIpc) is 3.09. The van der Waals surface area contributed by atoms with E-state index in [1.165, 1.54) is 11.0 Å². The maximum atomic E-state index is 13.8. The zero-order valence-corrected chi connectivity index (χ0v) is 17.0. The van der Waals surface area contributed by atoms with Crippen molar-refractivity contribution in [1.82, 2.24) is 9.88 Å². The molecule has 2 heterocycles. The molecular formula is C23H22F2N2O3. The predicted octanol–water partition coefficient (Wildman–Crippen LogP) is 4.48. The summed E-state index contributed by atoms with van der Waals surface area (Å²) in [6, 6.07) is 9.66. The minimum atomic E-state index is -1.11. The second kappa shape index (κ2) is 7.23. The van der Waals surface area contributed by atoms with Gasteiger partial charge in [-0.2, -0.15) is 0 Å². The van der Waals surface area contributed by atoms with Gasteiger partial charge in [0.1, 0.15) is 0 Å². The standard InChI is InChI=1S/C23H22F2N2O3/c1-4-30-22(29)20-19-18(14-7-5-6-8-17(14)26-19)23(2,3)12-27(20)21(28)13-9-10-15(24)16(25)11-13/h5-11,20,26H,4,12H2,1-3H3. The van der Waals surface area contributed by atoms with Crippen molar-refractivity contribution in [2.45, 2.75) is 32.2 Å². The lowest BCUT2D eigenvalue weighted by Crippen LogP contribution is -2.50. The fourth-order valence-corrected chi connectivity index (χ4v) is 4.30. The number of rotatable bonds is 3. The topological polar surface area (TPSA) is 62.4 Å². The highest BCUT2D eigenvalue weighted by atomic mass is 19.2. The molecule has 0 radical (unpaired) electrons. The van der Waals surface area contributed by atoms with Crippen LogP contribution in [0, 0.1) is 11.6 Å². The minimum absolute atomic E-state index is 0.0291. The molecule has 0 bridgehead atoms. The van der Waals surface area contributed by atoms with E-state index in [1.807, 2.05) is 38.1 Å². The van der Waals surface area contributed by atoms with Crippen molar-refractivity contribution in [1.29, 1.82) is 0 Å². The van der Waals surface area contributed by atoms with Gasteiger partial charge in [-0.05, 0) is 36.8 Å². The largest absolute Gasteiger partial charge is 0.464 e. The van der Waals surface area contributed by atoms with Gasteiger partial charge in [-0.25, -0.2) is 13.6 Å². The van der Waals surface area contributed by atoms with Crippen LogP contribution >= 0.6 is 0 Å². The molecule has 0 aliphatic carbocycles. The number of carbonyl (C=O) groups is 2. The molecular weight excluding hydrogens is 390 g/mol. The number of H-pyrrole nitrogens is 1. The van der Waals surface area contributed by atoms with Crippen LogP contribution in [0.15, 0.2) is 42.5 Å². The third kappa shape index (κ3) is 3.14. The maximum absolute atomic E-state index is 13.8. The molecule has 30 heavy (non-hydrogen) atoms. The van der Waals surface area contributed by atoms with Crippen LogP contribution in [0.4, 0.5) is 8.78 Å². The number of nitrogens with one attached hydrogen (secondary N) is 1. The molecule has 1 N–H and O–H groups in total. The summed E-state index contributed by atoms with van der Waals surface area (Å²) in [5.41, 5.74) is 1.87. The summed E-state index contributed by atoms with van der Waals surface area (Å²) in [5, 5.41) is 0.978. The molecule has 4 rings (SSSR count). The molecule has 156 valence electrons. The molecule has 1 aliphatic heterocycles. The third-order valence-corrected chi connectivity index (χ3v) is 5.50. The zero-order chi connectivity index (χ0) is 21.6. The molecule has 1 aliphatic rings. The lowest BCUT2D eigenvalue weighted by molar-refractivity contribution is -0.149. The zero-order valence-electron chi connectivity index (χ0n) is 17.0. The number of fused-ring (bicyclic) bond motifs is 3. The van der Waals surface area contributed by atoms with Crippen LogP contribution in [0.5, 0.6) is 0 Å². The summed E-state index contributed by atoms with van der Waals surface area (Å²) in [6.45, 7) is 6.03. The number of aromatic nitrogens is 1. The van der Waals surface area contributed by atoms with Crippen LogP contribution in [0.1, 0.15) is 48.4 Å². The second-order valence-electron chi connectivity index (χ2n) is 8.06. The summed E-state index contributed by atoms with van der Waals surface area (Å²) in [7, 11) is 0. The molecule has 1 amide bonds. The van der Waals surface area contributed by atoms with E-state index in [0.29, 0.717) is 5.69 Å². The summed E-state index contributed by atoms with van der Waals surface area (Å²) >= 11 is 0. The van der Waals surface area contributed by atoms with Crippen LogP contribution < -0.4 is 0 Å². The first kappa shape index (κ1) is 20.1.